The van der Waals surface area contributed by atoms with E-state index in [9.17, 15) is 5.11 Å². The van der Waals surface area contributed by atoms with Gasteiger partial charge in [-0.25, -0.2) is 0 Å². The first-order chi connectivity index (χ1) is 4.13. The average Bonchev–Trinajstić information content (AvgIpc) is 1.77. The minimum absolute atomic E-state index is 0.0463. The quantitative estimate of drug-likeness (QED) is 0.511. The van der Waals surface area contributed by atoms with E-state index in [0.717, 1.165) is 0 Å². The van der Waals surface area contributed by atoms with Gasteiger partial charge >= 0.3 is 0 Å². The molecule has 0 saturated carbocycles. The topological polar surface area (TPSA) is 40.5 Å². The molecule has 0 amide bonds. The van der Waals surface area contributed by atoms with Gasteiger partial charge in [0.05, 0.1) is 0 Å². The van der Waals surface area contributed by atoms with E-state index in [-0.39, 0.29) is 5.76 Å². The Labute approximate surface area is 54.1 Å². The van der Waals surface area contributed by atoms with Crippen LogP contribution < -0.4 is 0 Å². The molecule has 2 nitrogen and oxygen atoms in total. The normalized spacial score (nSPS) is 34.2. The van der Waals surface area contributed by atoms with Gasteiger partial charge in [-0.2, -0.15) is 0 Å². The molecule has 0 spiro atoms. The molecule has 0 saturated heterocycles. The molecule has 0 aliphatic heterocycles. The van der Waals surface area contributed by atoms with E-state index in [1.54, 1.807) is 13.0 Å². The Bertz CT molecular complexity index is 166. The summed E-state index contributed by atoms with van der Waals surface area (Å²) in [6.45, 7) is 1.59. The molecule has 0 heterocycles. The number of rotatable bonds is 0. The van der Waals surface area contributed by atoms with Gasteiger partial charge in [0.2, 0.25) is 0 Å². The Morgan fingerprint density at radius 2 is 2.33 bits per heavy atom. The molecule has 0 aromatic heterocycles. The van der Waals surface area contributed by atoms with Crippen molar-refractivity contribution < 1.29 is 10.2 Å². The van der Waals surface area contributed by atoms with E-state index in [0.29, 0.717) is 6.42 Å². The molecule has 0 aromatic carbocycles. The van der Waals surface area contributed by atoms with E-state index in [1.165, 1.54) is 6.08 Å². The molecule has 1 unspecified atom stereocenters. The van der Waals surface area contributed by atoms with E-state index in [1.807, 2.05) is 6.08 Å². The van der Waals surface area contributed by atoms with Gasteiger partial charge in [0.15, 0.2) is 0 Å². The van der Waals surface area contributed by atoms with Gasteiger partial charge in [0.1, 0.15) is 11.4 Å². The van der Waals surface area contributed by atoms with Gasteiger partial charge in [0.25, 0.3) is 0 Å². The van der Waals surface area contributed by atoms with Gasteiger partial charge in [-0.15, -0.1) is 0 Å². The largest absolute Gasteiger partial charge is 0.509 e. The van der Waals surface area contributed by atoms with Crippen LogP contribution in [0.5, 0.6) is 0 Å². The lowest BCUT2D eigenvalue weighted by atomic mass is 9.96. The molecule has 0 aromatic rings. The van der Waals surface area contributed by atoms with Crippen LogP contribution in [0.1, 0.15) is 13.3 Å². The zero-order valence-electron chi connectivity index (χ0n) is 5.33. The summed E-state index contributed by atoms with van der Waals surface area (Å²) >= 11 is 0. The highest BCUT2D eigenvalue weighted by Crippen LogP contribution is 2.21. The van der Waals surface area contributed by atoms with Gasteiger partial charge in [-0.1, -0.05) is 12.2 Å². The van der Waals surface area contributed by atoms with E-state index in [2.05, 4.69) is 0 Å². The Morgan fingerprint density at radius 3 is 2.67 bits per heavy atom. The van der Waals surface area contributed by atoms with Crippen LogP contribution in [0.4, 0.5) is 0 Å². The third-order valence-electron chi connectivity index (χ3n) is 1.46. The maximum Gasteiger partial charge on any atom is 0.124 e. The van der Waals surface area contributed by atoms with E-state index >= 15 is 0 Å². The molecule has 1 atom stereocenters. The molecule has 9 heavy (non-hydrogen) atoms. The van der Waals surface area contributed by atoms with Crippen molar-refractivity contribution in [3.63, 3.8) is 0 Å². The lowest BCUT2D eigenvalue weighted by Gasteiger charge is -2.22. The van der Waals surface area contributed by atoms with Crippen molar-refractivity contribution in [1.29, 1.82) is 0 Å². The molecule has 0 bridgehead atoms. The van der Waals surface area contributed by atoms with Crippen molar-refractivity contribution in [3.8, 4) is 0 Å². The highest BCUT2D eigenvalue weighted by Gasteiger charge is 2.24. The van der Waals surface area contributed by atoms with Crippen molar-refractivity contribution in [2.45, 2.75) is 18.9 Å². The zero-order valence-corrected chi connectivity index (χ0v) is 5.33. The molecule has 1 aliphatic rings. The minimum Gasteiger partial charge on any atom is -0.509 e. The van der Waals surface area contributed by atoms with Crippen molar-refractivity contribution in [3.05, 3.63) is 24.0 Å². The van der Waals surface area contributed by atoms with Crippen molar-refractivity contribution >= 4 is 0 Å². The first-order valence-electron chi connectivity index (χ1n) is 2.91. The molecular formula is C7H10O2. The molecule has 2 N–H and O–H groups in total. The van der Waals surface area contributed by atoms with Crippen LogP contribution in [-0.2, 0) is 0 Å². The first kappa shape index (κ1) is 6.36. The van der Waals surface area contributed by atoms with Crippen LogP contribution in [0, 0.1) is 0 Å². The summed E-state index contributed by atoms with van der Waals surface area (Å²) in [5.41, 5.74) is -1.03. The number of hydrogen-bond donors (Lipinski definition) is 2. The Kier molecular flexibility index (Phi) is 1.33. The maximum atomic E-state index is 9.27. The number of aliphatic hydroxyl groups excluding tert-OH is 1. The van der Waals surface area contributed by atoms with Crippen molar-refractivity contribution in [2.24, 2.45) is 0 Å². The first-order valence-corrected chi connectivity index (χ1v) is 2.91. The second kappa shape index (κ2) is 1.88. The number of aliphatic hydroxyl groups is 2. The third kappa shape index (κ3) is 1.13. The van der Waals surface area contributed by atoms with Crippen LogP contribution in [0.15, 0.2) is 24.0 Å². The second-order valence-electron chi connectivity index (χ2n) is 2.46. The van der Waals surface area contributed by atoms with Gasteiger partial charge in [-0.3, -0.25) is 0 Å². The lowest BCUT2D eigenvalue weighted by Crippen LogP contribution is -2.27. The highest BCUT2D eigenvalue weighted by atomic mass is 16.3. The van der Waals surface area contributed by atoms with Crippen molar-refractivity contribution in [2.75, 3.05) is 0 Å². The summed E-state index contributed by atoms with van der Waals surface area (Å²) in [6.07, 6.45) is 5.55. The van der Waals surface area contributed by atoms with Crippen molar-refractivity contribution in [1.82, 2.24) is 0 Å². The fraction of sp³-hybridized carbons (Fsp3) is 0.429. The van der Waals surface area contributed by atoms with Gasteiger partial charge < -0.3 is 10.2 Å². The molecule has 1 aliphatic carbocycles. The lowest BCUT2D eigenvalue weighted by molar-refractivity contribution is 0.0542. The molecule has 0 radical (unpaired) electrons. The molecule has 0 fully saturated rings. The monoisotopic (exact) mass is 126 g/mol. The SMILES string of the molecule is CC1(O)CC=CC=C1O. The highest BCUT2D eigenvalue weighted by molar-refractivity contribution is 5.21. The predicted octanol–water partition coefficient (Wildman–Crippen LogP) is 1.14. The maximum absolute atomic E-state index is 9.27. The molecular weight excluding hydrogens is 116 g/mol. The molecule has 50 valence electrons. The average molecular weight is 126 g/mol. The molecule has 1 rings (SSSR count). The summed E-state index contributed by atoms with van der Waals surface area (Å²) in [4.78, 5) is 0. The van der Waals surface area contributed by atoms with E-state index < -0.39 is 5.60 Å². The number of hydrogen-bond acceptors (Lipinski definition) is 2. The Hall–Kier alpha value is -0.760. The number of allylic oxidation sites excluding steroid dienone is 2. The Balaban J connectivity index is 2.83. The summed E-state index contributed by atoms with van der Waals surface area (Å²) in [5, 5.41) is 18.3. The predicted molar refractivity (Wildman–Crippen MR) is 35.1 cm³/mol. The summed E-state index contributed by atoms with van der Waals surface area (Å²) in [7, 11) is 0. The Morgan fingerprint density at radius 1 is 1.67 bits per heavy atom. The second-order valence-corrected chi connectivity index (χ2v) is 2.46. The summed E-state index contributed by atoms with van der Waals surface area (Å²) < 4.78 is 0. The van der Waals surface area contributed by atoms with Crippen LogP contribution >= 0.6 is 0 Å². The van der Waals surface area contributed by atoms with E-state index in [4.69, 9.17) is 5.11 Å². The summed E-state index contributed by atoms with van der Waals surface area (Å²) in [6, 6.07) is 0. The summed E-state index contributed by atoms with van der Waals surface area (Å²) in [5.74, 6) is 0.0463. The van der Waals surface area contributed by atoms with Gasteiger partial charge in [-0.05, 0) is 13.0 Å². The minimum atomic E-state index is -1.03. The fourth-order valence-electron chi connectivity index (χ4n) is 0.741. The smallest absolute Gasteiger partial charge is 0.124 e. The van der Waals surface area contributed by atoms with Crippen LogP contribution in [0.25, 0.3) is 0 Å². The van der Waals surface area contributed by atoms with Gasteiger partial charge in [0, 0.05) is 6.42 Å². The third-order valence-corrected chi connectivity index (χ3v) is 1.46. The fourth-order valence-corrected chi connectivity index (χ4v) is 0.741. The van der Waals surface area contributed by atoms with Crippen LogP contribution in [-0.4, -0.2) is 15.8 Å². The van der Waals surface area contributed by atoms with Crippen LogP contribution in [0.3, 0.4) is 0 Å². The zero-order chi connectivity index (χ0) is 6.91. The molecule has 2 heteroatoms. The standard InChI is InChI=1S/C7H10O2/c1-7(9)5-3-2-4-6(7)8/h2-4,8-9H,5H2,1H3. The van der Waals surface area contributed by atoms with Crippen LogP contribution in [0.2, 0.25) is 0 Å².